The molecule has 0 atom stereocenters. The molecule has 0 spiro atoms. The van der Waals surface area contributed by atoms with E-state index in [-0.39, 0.29) is 11.8 Å². The van der Waals surface area contributed by atoms with Gasteiger partial charge < -0.3 is 14.7 Å². The summed E-state index contributed by atoms with van der Waals surface area (Å²) < 4.78 is 1.71. The number of hydrogen-bond acceptors (Lipinski definition) is 7. The van der Waals surface area contributed by atoms with Crippen molar-refractivity contribution in [3.8, 4) is 0 Å². The van der Waals surface area contributed by atoms with Gasteiger partial charge in [-0.2, -0.15) is 9.61 Å². The topological polar surface area (TPSA) is 86.9 Å². The number of hydrogen-bond donors (Lipinski definition) is 0. The smallest absolute Gasteiger partial charge is 0.234 e. The molecule has 0 saturated carbocycles. The monoisotopic (exact) mass is 379 g/mol. The fourth-order valence-corrected chi connectivity index (χ4v) is 3.79. The Labute approximate surface area is 156 Å². The van der Waals surface area contributed by atoms with E-state index in [0.29, 0.717) is 45.4 Å². The molecular weight excluding hydrogens is 354 g/mol. The highest BCUT2D eigenvalue weighted by Crippen LogP contribution is 2.16. The fraction of sp³-hybridized carbons (Fsp3) is 0.688. The second-order valence-electron chi connectivity index (χ2n) is 6.75. The summed E-state index contributed by atoms with van der Waals surface area (Å²) in [6.07, 6.45) is 1.56. The third-order valence-electron chi connectivity index (χ3n) is 4.50. The van der Waals surface area contributed by atoms with Gasteiger partial charge in [-0.1, -0.05) is 11.3 Å². The van der Waals surface area contributed by atoms with Crippen molar-refractivity contribution in [3.05, 3.63) is 10.8 Å². The van der Waals surface area contributed by atoms with Crippen LogP contribution in [0.25, 0.3) is 4.96 Å². The Morgan fingerprint density at radius 2 is 1.65 bits per heavy atom. The molecule has 1 saturated heterocycles. The molecular formula is C16H25N7O2S. The Kier molecular flexibility index (Phi) is 5.82. The zero-order chi connectivity index (χ0) is 18.7. The summed E-state index contributed by atoms with van der Waals surface area (Å²) in [5.74, 6) is 1.04. The zero-order valence-electron chi connectivity index (χ0n) is 15.5. The van der Waals surface area contributed by atoms with Crippen molar-refractivity contribution in [2.24, 2.45) is 0 Å². The van der Waals surface area contributed by atoms with Crippen LogP contribution in [0.1, 0.15) is 23.7 Å². The molecule has 0 aliphatic carbocycles. The molecule has 9 nitrogen and oxygen atoms in total. The van der Waals surface area contributed by atoms with Gasteiger partial charge in [-0.15, -0.1) is 10.2 Å². The summed E-state index contributed by atoms with van der Waals surface area (Å²) in [4.78, 5) is 31.1. The average Bonchev–Trinajstić information content (AvgIpc) is 3.19. The minimum atomic E-state index is 0.119. The van der Waals surface area contributed by atoms with Gasteiger partial charge in [0.1, 0.15) is 5.01 Å². The predicted octanol–water partition coefficient (Wildman–Crippen LogP) is 0.0493. The van der Waals surface area contributed by atoms with Crippen molar-refractivity contribution in [1.82, 2.24) is 34.5 Å². The first-order valence-electron chi connectivity index (χ1n) is 8.82. The largest absolute Gasteiger partial charge is 0.339 e. The van der Waals surface area contributed by atoms with Crippen molar-refractivity contribution in [1.29, 1.82) is 0 Å². The van der Waals surface area contributed by atoms with E-state index in [4.69, 9.17) is 0 Å². The van der Waals surface area contributed by atoms with Crippen LogP contribution in [0.5, 0.6) is 0 Å². The summed E-state index contributed by atoms with van der Waals surface area (Å²) in [6.45, 7) is 5.06. The summed E-state index contributed by atoms with van der Waals surface area (Å²) in [5, 5.41) is 13.3. The van der Waals surface area contributed by atoms with Crippen LogP contribution < -0.4 is 0 Å². The summed E-state index contributed by atoms with van der Waals surface area (Å²) >= 11 is 1.47. The molecule has 3 heterocycles. The van der Waals surface area contributed by atoms with E-state index in [1.807, 2.05) is 35.7 Å². The molecule has 0 N–H and O–H groups in total. The molecule has 0 aromatic carbocycles. The van der Waals surface area contributed by atoms with E-state index in [2.05, 4.69) is 15.3 Å². The molecule has 2 aromatic rings. The van der Waals surface area contributed by atoms with Gasteiger partial charge in [-0.3, -0.25) is 9.59 Å². The average molecular weight is 379 g/mol. The lowest BCUT2D eigenvalue weighted by Crippen LogP contribution is -2.51. The van der Waals surface area contributed by atoms with Gasteiger partial charge >= 0.3 is 0 Å². The van der Waals surface area contributed by atoms with Crippen LogP contribution in [0.3, 0.4) is 0 Å². The number of nitrogens with zero attached hydrogens (tertiary/aromatic N) is 7. The number of rotatable bonds is 6. The minimum Gasteiger partial charge on any atom is -0.339 e. The highest BCUT2D eigenvalue weighted by atomic mass is 32.1. The molecule has 0 radical (unpaired) electrons. The number of fused-ring (bicyclic) bond motifs is 1. The summed E-state index contributed by atoms with van der Waals surface area (Å²) in [7, 11) is 3.92. The van der Waals surface area contributed by atoms with Gasteiger partial charge in [0.25, 0.3) is 0 Å². The normalized spacial score (nSPS) is 15.2. The van der Waals surface area contributed by atoms with E-state index in [0.717, 1.165) is 22.3 Å². The first kappa shape index (κ1) is 18.7. The molecule has 0 bridgehead atoms. The Bertz CT molecular complexity index is 777. The lowest BCUT2D eigenvalue weighted by Gasteiger charge is -2.35. The highest BCUT2D eigenvalue weighted by molar-refractivity contribution is 7.16. The van der Waals surface area contributed by atoms with Gasteiger partial charge in [0, 0.05) is 52.0 Å². The number of aromatic nitrogens is 4. The molecule has 26 heavy (non-hydrogen) atoms. The van der Waals surface area contributed by atoms with Crippen LogP contribution in [0.2, 0.25) is 0 Å². The van der Waals surface area contributed by atoms with Crippen LogP contribution >= 0.6 is 11.3 Å². The van der Waals surface area contributed by atoms with E-state index >= 15 is 0 Å². The third-order valence-corrected chi connectivity index (χ3v) is 5.46. The Morgan fingerprint density at radius 3 is 2.23 bits per heavy atom. The minimum absolute atomic E-state index is 0.119. The third kappa shape index (κ3) is 4.36. The fourth-order valence-electron chi connectivity index (χ4n) is 2.91. The molecule has 3 rings (SSSR count). The number of amides is 2. The van der Waals surface area contributed by atoms with Crippen LogP contribution in [0.4, 0.5) is 0 Å². The van der Waals surface area contributed by atoms with Gasteiger partial charge in [-0.05, 0) is 21.0 Å². The predicted molar refractivity (Wildman–Crippen MR) is 98.0 cm³/mol. The molecule has 1 aliphatic heterocycles. The second kappa shape index (κ2) is 8.09. The van der Waals surface area contributed by atoms with Crippen molar-refractivity contribution >= 4 is 28.1 Å². The molecule has 1 fully saturated rings. The van der Waals surface area contributed by atoms with Gasteiger partial charge in [0.15, 0.2) is 5.82 Å². The Morgan fingerprint density at radius 1 is 1.04 bits per heavy atom. The van der Waals surface area contributed by atoms with Gasteiger partial charge in [0.05, 0.1) is 0 Å². The van der Waals surface area contributed by atoms with E-state index in [9.17, 15) is 9.59 Å². The lowest BCUT2D eigenvalue weighted by molar-refractivity contribution is -0.139. The summed E-state index contributed by atoms with van der Waals surface area (Å²) in [6, 6.07) is 0. The number of piperazine rings is 1. The summed E-state index contributed by atoms with van der Waals surface area (Å²) in [5.41, 5.74) is 0. The second-order valence-corrected chi connectivity index (χ2v) is 7.79. The molecule has 2 amide bonds. The van der Waals surface area contributed by atoms with Crippen molar-refractivity contribution in [2.45, 2.75) is 26.2 Å². The molecule has 1 aliphatic rings. The molecule has 2 aromatic heterocycles. The van der Waals surface area contributed by atoms with Crippen molar-refractivity contribution in [2.75, 3.05) is 46.8 Å². The standard InChI is InChI=1S/C16H25N7O2S/c1-12-17-18-16-23(12)19-13(26-16)4-5-14(24)21-8-10-22(11-9-21)15(25)6-7-20(2)3/h4-11H2,1-3H3. The Hall–Kier alpha value is -2.07. The van der Waals surface area contributed by atoms with E-state index in [1.165, 1.54) is 11.3 Å². The van der Waals surface area contributed by atoms with Crippen LogP contribution in [-0.2, 0) is 16.0 Å². The van der Waals surface area contributed by atoms with Crippen molar-refractivity contribution < 1.29 is 9.59 Å². The maximum absolute atomic E-state index is 12.4. The molecule has 10 heteroatoms. The highest BCUT2D eigenvalue weighted by Gasteiger charge is 2.24. The number of carbonyl (C=O) groups is 2. The number of carbonyl (C=O) groups excluding carboxylic acids is 2. The van der Waals surface area contributed by atoms with Gasteiger partial charge in [-0.25, -0.2) is 0 Å². The first-order chi connectivity index (χ1) is 12.4. The van der Waals surface area contributed by atoms with Crippen molar-refractivity contribution in [3.63, 3.8) is 0 Å². The maximum Gasteiger partial charge on any atom is 0.234 e. The van der Waals surface area contributed by atoms with Crippen LogP contribution in [-0.4, -0.2) is 93.1 Å². The number of aryl methyl sites for hydroxylation is 2. The van der Waals surface area contributed by atoms with Crippen LogP contribution in [0.15, 0.2) is 0 Å². The maximum atomic E-state index is 12.4. The van der Waals surface area contributed by atoms with Crippen LogP contribution in [0, 0.1) is 6.92 Å². The molecule has 142 valence electrons. The SMILES string of the molecule is Cc1nnc2sc(CCC(=O)N3CCN(C(=O)CCN(C)C)CC3)nn12. The molecule has 0 unspecified atom stereocenters. The van der Waals surface area contributed by atoms with Gasteiger partial charge in [0.2, 0.25) is 16.8 Å². The quantitative estimate of drug-likeness (QED) is 0.705. The Balaban J connectivity index is 1.44. The first-order valence-corrected chi connectivity index (χ1v) is 9.63. The van der Waals surface area contributed by atoms with E-state index in [1.54, 1.807) is 4.52 Å². The lowest BCUT2D eigenvalue weighted by atomic mass is 10.2. The van der Waals surface area contributed by atoms with E-state index < -0.39 is 0 Å². The zero-order valence-corrected chi connectivity index (χ0v) is 16.3.